The number of nitrogens with zero attached hydrogens (tertiary/aromatic N) is 1. The van der Waals surface area contributed by atoms with E-state index in [2.05, 4.69) is 10.6 Å². The quantitative estimate of drug-likeness (QED) is 0.503. The van der Waals surface area contributed by atoms with Crippen molar-refractivity contribution >= 4 is 16.9 Å². The molecule has 0 aliphatic carbocycles. The lowest BCUT2D eigenvalue weighted by molar-refractivity contribution is -0.136. The van der Waals surface area contributed by atoms with Crippen molar-refractivity contribution < 1.29 is 14.6 Å². The normalized spacial score (nSPS) is 10.9. The number of hydrogen-bond donors (Lipinski definition) is 1. The molecule has 0 unspecified atom stereocenters. The summed E-state index contributed by atoms with van der Waals surface area (Å²) in [5.41, 5.74) is 4.10. The molecule has 0 spiro atoms. The molecular formula is C24H21NO3. The highest BCUT2D eigenvalue weighted by Gasteiger charge is 2.11. The lowest BCUT2D eigenvalue weighted by atomic mass is 10.1. The molecule has 4 rings (SSSR count). The van der Waals surface area contributed by atoms with Gasteiger partial charge in [0.2, 0.25) is 0 Å². The van der Waals surface area contributed by atoms with E-state index in [1.165, 1.54) is 0 Å². The summed E-state index contributed by atoms with van der Waals surface area (Å²) in [5, 5.41) is 10.2. The first-order valence-electron chi connectivity index (χ1n) is 9.23. The van der Waals surface area contributed by atoms with Crippen LogP contribution in [0.25, 0.3) is 10.9 Å². The highest BCUT2D eigenvalue weighted by Crippen LogP contribution is 2.24. The Labute approximate surface area is 163 Å². The average molecular weight is 371 g/mol. The summed E-state index contributed by atoms with van der Waals surface area (Å²) in [6.45, 7) is 1.18. The van der Waals surface area contributed by atoms with Crippen LogP contribution < -0.4 is 4.74 Å². The molecule has 0 aliphatic rings. The van der Waals surface area contributed by atoms with Crippen molar-refractivity contribution in [1.82, 2.24) is 4.57 Å². The fourth-order valence-electron chi connectivity index (χ4n) is 3.43. The van der Waals surface area contributed by atoms with E-state index >= 15 is 0 Å². The summed E-state index contributed by atoms with van der Waals surface area (Å²) in [4.78, 5) is 11.2. The van der Waals surface area contributed by atoms with Crippen molar-refractivity contribution in [2.45, 2.75) is 19.6 Å². The van der Waals surface area contributed by atoms with Crippen LogP contribution in [0.3, 0.4) is 0 Å². The van der Waals surface area contributed by atoms with Gasteiger partial charge in [-0.15, -0.1) is 0 Å². The number of aliphatic carboxylic acids is 1. The summed E-state index contributed by atoms with van der Waals surface area (Å²) >= 11 is 0. The van der Waals surface area contributed by atoms with Crippen molar-refractivity contribution in [2.24, 2.45) is 0 Å². The summed E-state index contributed by atoms with van der Waals surface area (Å²) in [6, 6.07) is 26.0. The summed E-state index contributed by atoms with van der Waals surface area (Å²) in [7, 11) is 0. The molecule has 0 radical (unpaired) electrons. The van der Waals surface area contributed by atoms with Crippen LogP contribution >= 0.6 is 0 Å². The number of aromatic nitrogens is 1. The molecule has 4 aromatic rings. The van der Waals surface area contributed by atoms with Gasteiger partial charge in [-0.25, -0.2) is 0 Å². The Morgan fingerprint density at radius 2 is 1.64 bits per heavy atom. The number of hydrogen-bond acceptors (Lipinski definition) is 2. The molecule has 1 aromatic heterocycles. The van der Waals surface area contributed by atoms with Gasteiger partial charge in [-0.1, -0.05) is 60.7 Å². The van der Waals surface area contributed by atoms with Crippen LogP contribution in [-0.2, 0) is 24.4 Å². The van der Waals surface area contributed by atoms with Gasteiger partial charge in [0, 0.05) is 23.6 Å². The molecule has 0 fully saturated rings. The third-order valence-corrected chi connectivity index (χ3v) is 4.71. The Bertz CT molecular complexity index is 1100. The van der Waals surface area contributed by atoms with Gasteiger partial charge >= 0.3 is 5.97 Å². The van der Waals surface area contributed by atoms with E-state index in [4.69, 9.17) is 4.74 Å². The topological polar surface area (TPSA) is 51.5 Å². The van der Waals surface area contributed by atoms with E-state index in [9.17, 15) is 9.90 Å². The Morgan fingerprint density at radius 3 is 2.46 bits per heavy atom. The first kappa shape index (κ1) is 17.9. The second-order valence-electron chi connectivity index (χ2n) is 6.79. The van der Waals surface area contributed by atoms with E-state index < -0.39 is 5.97 Å². The van der Waals surface area contributed by atoms with Crippen molar-refractivity contribution in [2.75, 3.05) is 0 Å². The zero-order valence-corrected chi connectivity index (χ0v) is 15.4. The molecule has 0 aliphatic heterocycles. The van der Waals surface area contributed by atoms with Gasteiger partial charge in [0.15, 0.2) is 0 Å². The average Bonchev–Trinajstić information content (AvgIpc) is 3.04. The largest absolute Gasteiger partial charge is 0.489 e. The molecule has 0 atom stereocenters. The van der Waals surface area contributed by atoms with Crippen LogP contribution in [0.5, 0.6) is 5.75 Å². The Balaban J connectivity index is 1.55. The lowest BCUT2D eigenvalue weighted by Crippen LogP contribution is -2.01. The molecule has 0 saturated heterocycles. The molecular weight excluding hydrogens is 350 g/mol. The predicted octanol–water partition coefficient (Wildman–Crippen LogP) is 4.90. The minimum Gasteiger partial charge on any atom is -0.489 e. The van der Waals surface area contributed by atoms with Crippen LogP contribution in [0.2, 0.25) is 0 Å². The molecule has 28 heavy (non-hydrogen) atoms. The number of ether oxygens (including phenoxy) is 1. The maximum Gasteiger partial charge on any atom is 0.307 e. The van der Waals surface area contributed by atoms with Gasteiger partial charge in [-0.05, 0) is 34.9 Å². The molecule has 3 aromatic carbocycles. The molecule has 0 amide bonds. The van der Waals surface area contributed by atoms with Gasteiger partial charge < -0.3 is 14.4 Å². The Kier molecular flexibility index (Phi) is 5.11. The number of carboxylic acids is 1. The van der Waals surface area contributed by atoms with Crippen LogP contribution in [0.1, 0.15) is 16.7 Å². The highest BCUT2D eigenvalue weighted by atomic mass is 16.5. The second kappa shape index (κ2) is 8.01. The summed E-state index contributed by atoms with van der Waals surface area (Å²) in [6.07, 6.45) is 1.96. The van der Waals surface area contributed by atoms with Crippen molar-refractivity contribution in [3.63, 3.8) is 0 Å². The number of carboxylic acid groups (broad SMARTS) is 1. The SMILES string of the molecule is O=C(O)Cc1cn(Cc2cccc(OCc3ccccc3)c2)c2ccccc12. The number of para-hydroxylation sites is 1. The van der Waals surface area contributed by atoms with Gasteiger partial charge in [0.1, 0.15) is 12.4 Å². The van der Waals surface area contributed by atoms with E-state index in [1.807, 2.05) is 79.0 Å². The Hall–Kier alpha value is -3.53. The van der Waals surface area contributed by atoms with Crippen LogP contribution in [0.15, 0.2) is 85.1 Å². The molecule has 140 valence electrons. The molecule has 0 bridgehead atoms. The predicted molar refractivity (Wildman–Crippen MR) is 110 cm³/mol. The van der Waals surface area contributed by atoms with Crippen molar-refractivity contribution in [3.8, 4) is 5.75 Å². The number of carbonyl (C=O) groups is 1. The van der Waals surface area contributed by atoms with Crippen LogP contribution in [-0.4, -0.2) is 15.6 Å². The van der Waals surface area contributed by atoms with E-state index in [0.717, 1.165) is 33.3 Å². The third kappa shape index (κ3) is 4.07. The first-order valence-corrected chi connectivity index (χ1v) is 9.23. The van der Waals surface area contributed by atoms with E-state index in [1.54, 1.807) is 0 Å². The molecule has 1 heterocycles. The van der Waals surface area contributed by atoms with Gasteiger partial charge in [-0.2, -0.15) is 0 Å². The molecule has 0 saturated carbocycles. The van der Waals surface area contributed by atoms with Crippen molar-refractivity contribution in [1.29, 1.82) is 0 Å². The summed E-state index contributed by atoms with van der Waals surface area (Å²) in [5.74, 6) is 0.00258. The third-order valence-electron chi connectivity index (χ3n) is 4.71. The first-order chi connectivity index (χ1) is 13.7. The minimum atomic E-state index is -0.820. The summed E-state index contributed by atoms with van der Waals surface area (Å²) < 4.78 is 8.03. The molecule has 4 heteroatoms. The number of fused-ring (bicyclic) bond motifs is 1. The van der Waals surface area contributed by atoms with Crippen LogP contribution in [0.4, 0.5) is 0 Å². The number of benzene rings is 3. The van der Waals surface area contributed by atoms with Crippen molar-refractivity contribution in [3.05, 3.63) is 102 Å². The maximum atomic E-state index is 11.2. The fraction of sp³-hybridized carbons (Fsp3) is 0.125. The van der Waals surface area contributed by atoms with E-state index in [0.29, 0.717) is 13.2 Å². The van der Waals surface area contributed by atoms with Crippen LogP contribution in [0, 0.1) is 0 Å². The monoisotopic (exact) mass is 371 g/mol. The Morgan fingerprint density at radius 1 is 0.893 bits per heavy atom. The zero-order chi connectivity index (χ0) is 19.3. The van der Waals surface area contributed by atoms with Gasteiger partial charge in [-0.3, -0.25) is 4.79 Å². The molecule has 4 nitrogen and oxygen atoms in total. The standard InChI is InChI=1S/C24H21NO3/c26-24(27)14-20-16-25(23-12-5-4-11-22(20)23)15-19-9-6-10-21(13-19)28-17-18-7-2-1-3-8-18/h1-13,16H,14-15,17H2,(H,26,27). The molecule has 1 N–H and O–H groups in total. The van der Waals surface area contributed by atoms with Gasteiger partial charge in [0.05, 0.1) is 6.42 Å². The smallest absolute Gasteiger partial charge is 0.307 e. The highest BCUT2D eigenvalue weighted by molar-refractivity contribution is 5.87. The zero-order valence-electron chi connectivity index (χ0n) is 15.4. The maximum absolute atomic E-state index is 11.2. The second-order valence-corrected chi connectivity index (χ2v) is 6.79. The lowest BCUT2D eigenvalue weighted by Gasteiger charge is -2.10. The number of rotatable bonds is 7. The minimum absolute atomic E-state index is 0.0216. The fourth-order valence-corrected chi connectivity index (χ4v) is 3.43. The van der Waals surface area contributed by atoms with E-state index in [-0.39, 0.29) is 6.42 Å². The van der Waals surface area contributed by atoms with Gasteiger partial charge in [0.25, 0.3) is 0 Å².